The molecule has 0 radical (unpaired) electrons. The molecule has 0 saturated carbocycles. The topological polar surface area (TPSA) is 44.8 Å². The van der Waals surface area contributed by atoms with Gasteiger partial charge in [-0.05, 0) is 25.5 Å². The summed E-state index contributed by atoms with van der Waals surface area (Å²) in [6.45, 7) is 3.66. The van der Waals surface area contributed by atoms with E-state index in [0.29, 0.717) is 4.88 Å². The van der Waals surface area contributed by atoms with Crippen molar-refractivity contribution in [1.82, 2.24) is 0 Å². The van der Waals surface area contributed by atoms with Crippen molar-refractivity contribution < 1.29 is 19.0 Å². The van der Waals surface area contributed by atoms with E-state index in [-0.39, 0.29) is 5.97 Å². The van der Waals surface area contributed by atoms with Crippen molar-refractivity contribution >= 4 is 17.3 Å². The van der Waals surface area contributed by atoms with Gasteiger partial charge in [-0.2, -0.15) is 0 Å². The summed E-state index contributed by atoms with van der Waals surface area (Å²) in [7, 11) is 4.50. The number of carbonyl (C=O) groups excluding carboxylic acids is 1. The van der Waals surface area contributed by atoms with Crippen LogP contribution in [0.15, 0.2) is 6.07 Å². The van der Waals surface area contributed by atoms with Crippen LogP contribution in [0.3, 0.4) is 0 Å². The number of carbonyl (C=O) groups is 1. The van der Waals surface area contributed by atoms with Gasteiger partial charge in [-0.25, -0.2) is 4.79 Å². The Hall–Kier alpha value is -0.910. The van der Waals surface area contributed by atoms with Crippen molar-refractivity contribution in [2.75, 3.05) is 21.3 Å². The number of esters is 1. The number of thiophene rings is 1. The third-order valence-electron chi connectivity index (χ3n) is 2.52. The molecule has 4 nitrogen and oxygen atoms in total. The van der Waals surface area contributed by atoms with Crippen molar-refractivity contribution in [1.29, 1.82) is 0 Å². The first-order valence-electron chi connectivity index (χ1n) is 4.78. The van der Waals surface area contributed by atoms with Gasteiger partial charge in [0, 0.05) is 14.2 Å². The van der Waals surface area contributed by atoms with Crippen LogP contribution in [-0.4, -0.2) is 27.3 Å². The molecule has 0 aliphatic carbocycles. The highest BCUT2D eigenvalue weighted by atomic mass is 32.1. The summed E-state index contributed by atoms with van der Waals surface area (Å²) in [5.41, 5.74) is 0.868. The second-order valence-electron chi connectivity index (χ2n) is 3.47. The number of ether oxygens (including phenoxy) is 3. The zero-order valence-electron chi connectivity index (χ0n) is 10.1. The summed E-state index contributed by atoms with van der Waals surface area (Å²) in [4.78, 5) is 12.9. The minimum Gasteiger partial charge on any atom is -0.465 e. The molecule has 0 aliphatic heterocycles. The molecular formula is C11H16O4S. The van der Waals surface area contributed by atoms with Crippen molar-refractivity contribution in [3.05, 3.63) is 21.4 Å². The Balaban J connectivity index is 3.14. The maximum atomic E-state index is 11.5. The molecule has 0 aliphatic rings. The van der Waals surface area contributed by atoms with Crippen LogP contribution in [0.2, 0.25) is 0 Å². The van der Waals surface area contributed by atoms with Crippen LogP contribution in [0.5, 0.6) is 0 Å². The lowest BCUT2D eigenvalue weighted by molar-refractivity contribution is -0.199. The average Bonchev–Trinajstić information content (AvgIpc) is 2.69. The summed E-state index contributed by atoms with van der Waals surface area (Å²) in [5.74, 6) is -1.15. The Kier molecular flexibility index (Phi) is 4.07. The fourth-order valence-electron chi connectivity index (χ4n) is 1.29. The third-order valence-corrected chi connectivity index (χ3v) is 3.92. The summed E-state index contributed by atoms with van der Waals surface area (Å²) in [6.07, 6.45) is 0. The normalized spacial score (nSPS) is 11.6. The highest BCUT2D eigenvalue weighted by Gasteiger charge is 2.29. The zero-order chi connectivity index (χ0) is 12.3. The van der Waals surface area contributed by atoms with E-state index in [0.717, 1.165) is 10.4 Å². The molecule has 5 heteroatoms. The molecule has 0 aromatic carbocycles. The molecule has 0 amide bonds. The van der Waals surface area contributed by atoms with Crippen LogP contribution < -0.4 is 0 Å². The largest absolute Gasteiger partial charge is 0.465 e. The molecule has 0 saturated heterocycles. The summed E-state index contributed by atoms with van der Waals surface area (Å²) in [6, 6.07) is 1.88. The fourth-order valence-corrected chi connectivity index (χ4v) is 2.48. The molecule has 0 atom stereocenters. The molecule has 0 spiro atoms. The number of aryl methyl sites for hydroxylation is 1. The first-order chi connectivity index (χ1) is 7.48. The molecule has 0 bridgehead atoms. The van der Waals surface area contributed by atoms with E-state index in [1.54, 1.807) is 21.1 Å². The van der Waals surface area contributed by atoms with Crippen molar-refractivity contribution in [3.8, 4) is 0 Å². The highest BCUT2D eigenvalue weighted by molar-refractivity contribution is 7.14. The fraction of sp³-hybridized carbons (Fsp3) is 0.545. The Morgan fingerprint density at radius 1 is 1.31 bits per heavy atom. The molecular weight excluding hydrogens is 228 g/mol. The maximum Gasteiger partial charge on any atom is 0.348 e. The monoisotopic (exact) mass is 244 g/mol. The lowest BCUT2D eigenvalue weighted by atomic mass is 10.2. The van der Waals surface area contributed by atoms with E-state index >= 15 is 0 Å². The van der Waals surface area contributed by atoms with Crippen LogP contribution in [0.4, 0.5) is 0 Å². The van der Waals surface area contributed by atoms with Crippen molar-refractivity contribution in [3.63, 3.8) is 0 Å². The Labute approximate surface area is 99.1 Å². The molecule has 1 rings (SSSR count). The van der Waals surface area contributed by atoms with Crippen molar-refractivity contribution in [2.24, 2.45) is 0 Å². The van der Waals surface area contributed by atoms with Gasteiger partial charge in [-0.1, -0.05) is 0 Å². The highest BCUT2D eigenvalue weighted by Crippen LogP contribution is 2.34. The van der Waals surface area contributed by atoms with Gasteiger partial charge in [0.1, 0.15) is 4.88 Å². The first kappa shape index (κ1) is 13.2. The molecule has 1 aromatic rings. The molecule has 90 valence electrons. The van der Waals surface area contributed by atoms with Gasteiger partial charge in [0.15, 0.2) is 0 Å². The molecule has 1 heterocycles. The van der Waals surface area contributed by atoms with Gasteiger partial charge in [0.2, 0.25) is 5.79 Å². The van der Waals surface area contributed by atoms with E-state index in [1.165, 1.54) is 18.4 Å². The summed E-state index contributed by atoms with van der Waals surface area (Å²) >= 11 is 1.32. The van der Waals surface area contributed by atoms with Gasteiger partial charge in [-0.15, -0.1) is 11.3 Å². The summed E-state index contributed by atoms with van der Waals surface area (Å²) < 4.78 is 15.3. The van der Waals surface area contributed by atoms with E-state index in [2.05, 4.69) is 0 Å². The molecule has 0 unspecified atom stereocenters. The van der Waals surface area contributed by atoms with E-state index < -0.39 is 5.79 Å². The second-order valence-corrected chi connectivity index (χ2v) is 4.52. The van der Waals surface area contributed by atoms with Crippen LogP contribution in [0, 0.1) is 6.92 Å². The van der Waals surface area contributed by atoms with Gasteiger partial charge in [-0.3, -0.25) is 0 Å². The van der Waals surface area contributed by atoms with Crippen LogP contribution in [0.1, 0.15) is 27.0 Å². The Morgan fingerprint density at radius 3 is 2.31 bits per heavy atom. The second kappa shape index (κ2) is 4.95. The SMILES string of the molecule is COC(=O)c1sc(C(C)(OC)OC)cc1C. The lowest BCUT2D eigenvalue weighted by Gasteiger charge is -2.24. The smallest absolute Gasteiger partial charge is 0.348 e. The van der Waals surface area contributed by atoms with E-state index in [9.17, 15) is 4.79 Å². The van der Waals surface area contributed by atoms with Crippen molar-refractivity contribution in [2.45, 2.75) is 19.6 Å². The number of hydrogen-bond donors (Lipinski definition) is 0. The standard InChI is InChI=1S/C11H16O4S/c1-7-6-8(11(2,14-4)15-5)16-9(7)10(12)13-3/h6H,1-5H3. The van der Waals surface area contributed by atoms with Gasteiger partial charge in [0.25, 0.3) is 0 Å². The molecule has 0 N–H and O–H groups in total. The minimum absolute atomic E-state index is 0.330. The van der Waals surface area contributed by atoms with Crippen LogP contribution >= 0.6 is 11.3 Å². The predicted molar refractivity (Wildman–Crippen MR) is 61.8 cm³/mol. The third kappa shape index (κ3) is 2.26. The number of hydrogen-bond acceptors (Lipinski definition) is 5. The van der Waals surface area contributed by atoms with Gasteiger partial charge < -0.3 is 14.2 Å². The Morgan fingerprint density at radius 2 is 1.88 bits per heavy atom. The van der Waals surface area contributed by atoms with Gasteiger partial charge >= 0.3 is 5.97 Å². The van der Waals surface area contributed by atoms with Crippen LogP contribution in [-0.2, 0) is 20.0 Å². The zero-order valence-corrected chi connectivity index (χ0v) is 10.9. The van der Waals surface area contributed by atoms with Gasteiger partial charge in [0.05, 0.1) is 12.0 Å². The predicted octanol–water partition coefficient (Wildman–Crippen LogP) is 2.31. The van der Waals surface area contributed by atoms with E-state index in [1.807, 2.05) is 13.0 Å². The molecule has 16 heavy (non-hydrogen) atoms. The minimum atomic E-state index is -0.818. The van der Waals surface area contributed by atoms with E-state index in [4.69, 9.17) is 14.2 Å². The Bertz CT molecular complexity index is 379. The lowest BCUT2D eigenvalue weighted by Crippen LogP contribution is -2.25. The van der Waals surface area contributed by atoms with Crippen LogP contribution in [0.25, 0.3) is 0 Å². The number of rotatable bonds is 4. The summed E-state index contributed by atoms with van der Waals surface area (Å²) in [5, 5.41) is 0. The first-order valence-corrected chi connectivity index (χ1v) is 5.59. The molecule has 0 fully saturated rings. The molecule has 1 aromatic heterocycles. The quantitative estimate of drug-likeness (QED) is 0.602. The maximum absolute atomic E-state index is 11.5. The number of methoxy groups -OCH3 is 3. The average molecular weight is 244 g/mol.